The number of carbonyl (C=O) groups excluding carboxylic acids is 2. The van der Waals surface area contributed by atoms with Crippen molar-refractivity contribution in [3.05, 3.63) is 69.1 Å². The van der Waals surface area contributed by atoms with Gasteiger partial charge in [0.1, 0.15) is 0 Å². The summed E-state index contributed by atoms with van der Waals surface area (Å²) in [7, 11) is 1.18. The van der Waals surface area contributed by atoms with Gasteiger partial charge in [-0.25, -0.2) is 4.98 Å². The molecule has 1 N–H and O–H groups in total. The summed E-state index contributed by atoms with van der Waals surface area (Å²) in [4.78, 5) is 39.7. The van der Waals surface area contributed by atoms with Gasteiger partial charge in [-0.1, -0.05) is 41.7 Å². The first kappa shape index (κ1) is 24.5. The molecule has 3 aromatic rings. The van der Waals surface area contributed by atoms with Crippen LogP contribution in [0, 0.1) is 10.1 Å². The molecule has 176 valence electrons. The second-order valence-electron chi connectivity index (χ2n) is 6.64. The summed E-state index contributed by atoms with van der Waals surface area (Å²) >= 11 is 0.992. The molecule has 34 heavy (non-hydrogen) atoms. The zero-order chi connectivity index (χ0) is 24.8. The van der Waals surface area contributed by atoms with E-state index in [2.05, 4.69) is 15.0 Å². The summed E-state index contributed by atoms with van der Waals surface area (Å²) in [5.41, 5.74) is 0.480. The number of ketones is 1. The van der Waals surface area contributed by atoms with E-state index in [1.54, 1.807) is 24.3 Å². The number of methoxy groups -OCH3 is 1. The van der Waals surface area contributed by atoms with Crippen molar-refractivity contribution >= 4 is 39.9 Å². The van der Waals surface area contributed by atoms with Crippen LogP contribution in [0.3, 0.4) is 0 Å². The Kier molecular flexibility index (Phi) is 7.64. The standard InChI is InChI=1S/C22H17F2N3O6S/c1-12(28)20-19(13-6-4-3-5-7-13)26-22(34-20)25-18(29)9-8-14-10-16(32-2)17(33-21(23)24)11-15(14)27(30)31/h3-11,21H,1-2H3,(H,25,26,29)/b9-8+. The molecule has 0 aliphatic carbocycles. The Balaban J connectivity index is 1.86. The monoisotopic (exact) mass is 489 g/mol. The van der Waals surface area contributed by atoms with Gasteiger partial charge in [-0.3, -0.25) is 25.0 Å². The number of nitrogens with zero attached hydrogens (tertiary/aromatic N) is 2. The molecule has 1 amide bonds. The lowest BCUT2D eigenvalue weighted by Crippen LogP contribution is -2.07. The van der Waals surface area contributed by atoms with Crippen molar-refractivity contribution in [2.45, 2.75) is 13.5 Å². The van der Waals surface area contributed by atoms with Crippen molar-refractivity contribution in [3.63, 3.8) is 0 Å². The van der Waals surface area contributed by atoms with Gasteiger partial charge in [0.05, 0.1) is 34.2 Å². The van der Waals surface area contributed by atoms with E-state index in [1.807, 2.05) is 6.07 Å². The number of carbonyl (C=O) groups is 2. The van der Waals surface area contributed by atoms with Gasteiger partial charge in [0.25, 0.3) is 5.69 Å². The number of anilines is 1. The number of alkyl halides is 2. The third-order valence-electron chi connectivity index (χ3n) is 4.36. The normalized spacial score (nSPS) is 11.0. The number of hydrogen-bond donors (Lipinski definition) is 1. The maximum atomic E-state index is 12.6. The zero-order valence-electron chi connectivity index (χ0n) is 17.8. The Bertz CT molecular complexity index is 1260. The number of aromatic nitrogens is 1. The van der Waals surface area contributed by atoms with E-state index < -0.39 is 28.9 Å². The molecule has 0 atom stereocenters. The summed E-state index contributed by atoms with van der Waals surface area (Å²) in [6.45, 7) is -1.82. The van der Waals surface area contributed by atoms with Crippen molar-refractivity contribution in [2.24, 2.45) is 0 Å². The van der Waals surface area contributed by atoms with Crippen molar-refractivity contribution in [1.82, 2.24) is 4.98 Å². The van der Waals surface area contributed by atoms with Crippen LogP contribution in [-0.2, 0) is 4.79 Å². The van der Waals surface area contributed by atoms with Crippen LogP contribution in [0.4, 0.5) is 19.6 Å². The molecule has 1 heterocycles. The van der Waals surface area contributed by atoms with Crippen LogP contribution >= 0.6 is 11.3 Å². The van der Waals surface area contributed by atoms with Crippen molar-refractivity contribution in [1.29, 1.82) is 0 Å². The molecule has 0 bridgehead atoms. The molecule has 2 aromatic carbocycles. The average molecular weight is 489 g/mol. The largest absolute Gasteiger partial charge is 0.493 e. The highest BCUT2D eigenvalue weighted by molar-refractivity contribution is 7.18. The van der Waals surface area contributed by atoms with E-state index in [4.69, 9.17) is 4.74 Å². The first-order valence-corrected chi connectivity index (χ1v) is 10.4. The number of thiazole rings is 1. The van der Waals surface area contributed by atoms with Crippen LogP contribution in [0.25, 0.3) is 17.3 Å². The molecular formula is C22H17F2N3O6S. The molecule has 0 aliphatic heterocycles. The Morgan fingerprint density at radius 1 is 1.21 bits per heavy atom. The van der Waals surface area contributed by atoms with E-state index in [9.17, 15) is 28.5 Å². The SMILES string of the molecule is COc1cc(/C=C/C(=O)Nc2nc(-c3ccccc3)c(C(C)=O)s2)c([N+](=O)[O-])cc1OC(F)F. The first-order valence-electron chi connectivity index (χ1n) is 9.57. The topological polar surface area (TPSA) is 121 Å². The molecule has 0 radical (unpaired) electrons. The van der Waals surface area contributed by atoms with Crippen LogP contribution in [0.1, 0.15) is 22.2 Å². The summed E-state index contributed by atoms with van der Waals surface area (Å²) in [6.07, 6.45) is 2.13. The van der Waals surface area contributed by atoms with E-state index in [0.717, 1.165) is 35.6 Å². The van der Waals surface area contributed by atoms with Crippen LogP contribution in [-0.4, -0.2) is 35.3 Å². The lowest BCUT2D eigenvalue weighted by Gasteiger charge is -2.10. The predicted molar refractivity (Wildman–Crippen MR) is 121 cm³/mol. The van der Waals surface area contributed by atoms with Gasteiger partial charge >= 0.3 is 6.61 Å². The van der Waals surface area contributed by atoms with Crippen LogP contribution < -0.4 is 14.8 Å². The molecule has 1 aromatic heterocycles. The van der Waals surface area contributed by atoms with E-state index >= 15 is 0 Å². The zero-order valence-corrected chi connectivity index (χ0v) is 18.6. The highest BCUT2D eigenvalue weighted by atomic mass is 32.1. The summed E-state index contributed by atoms with van der Waals surface area (Å²) in [5, 5.41) is 14.1. The van der Waals surface area contributed by atoms with Gasteiger partial charge in [0, 0.05) is 18.6 Å². The number of nitrogens with one attached hydrogen (secondary N) is 1. The molecule has 0 fully saturated rings. The number of nitro groups is 1. The number of rotatable bonds is 9. The first-order chi connectivity index (χ1) is 16.2. The highest BCUT2D eigenvalue weighted by Gasteiger charge is 2.21. The second kappa shape index (κ2) is 10.6. The molecule has 0 spiro atoms. The summed E-state index contributed by atoms with van der Waals surface area (Å²) in [5.74, 6) is -1.59. The van der Waals surface area contributed by atoms with Gasteiger partial charge in [-0.2, -0.15) is 8.78 Å². The minimum Gasteiger partial charge on any atom is -0.493 e. The number of Topliss-reactive ketones (excluding diaryl/α,β-unsaturated/α-hetero) is 1. The van der Waals surface area contributed by atoms with Crippen LogP contribution in [0.5, 0.6) is 11.5 Å². The fourth-order valence-corrected chi connectivity index (χ4v) is 3.81. The molecule has 0 saturated carbocycles. The molecular weight excluding hydrogens is 472 g/mol. The fourth-order valence-electron chi connectivity index (χ4n) is 2.92. The molecule has 0 unspecified atom stereocenters. The number of halogens is 2. The fraction of sp³-hybridized carbons (Fsp3) is 0.136. The summed E-state index contributed by atoms with van der Waals surface area (Å²) < 4.78 is 34.4. The Morgan fingerprint density at radius 3 is 2.50 bits per heavy atom. The number of ether oxygens (including phenoxy) is 2. The van der Waals surface area contributed by atoms with Gasteiger partial charge in [0.2, 0.25) is 5.91 Å². The highest BCUT2D eigenvalue weighted by Crippen LogP contribution is 2.36. The molecule has 9 nitrogen and oxygen atoms in total. The molecule has 12 heteroatoms. The number of benzene rings is 2. The van der Waals surface area contributed by atoms with E-state index in [-0.39, 0.29) is 22.2 Å². The van der Waals surface area contributed by atoms with E-state index in [1.165, 1.54) is 14.0 Å². The van der Waals surface area contributed by atoms with Crippen molar-refractivity contribution < 1.29 is 32.8 Å². The Labute approximate surface area is 195 Å². The van der Waals surface area contributed by atoms with Crippen LogP contribution in [0.15, 0.2) is 48.5 Å². The van der Waals surface area contributed by atoms with Crippen molar-refractivity contribution in [3.8, 4) is 22.8 Å². The second-order valence-corrected chi connectivity index (χ2v) is 7.64. The number of hydrogen-bond acceptors (Lipinski definition) is 8. The van der Waals surface area contributed by atoms with Gasteiger partial charge in [0.15, 0.2) is 22.4 Å². The average Bonchev–Trinajstić information content (AvgIpc) is 3.22. The van der Waals surface area contributed by atoms with Crippen LogP contribution in [0.2, 0.25) is 0 Å². The third kappa shape index (κ3) is 5.78. The smallest absolute Gasteiger partial charge is 0.387 e. The molecule has 0 aliphatic rings. The quantitative estimate of drug-likeness (QED) is 0.190. The molecule has 3 rings (SSSR count). The van der Waals surface area contributed by atoms with Gasteiger partial charge < -0.3 is 9.47 Å². The lowest BCUT2D eigenvalue weighted by atomic mass is 10.1. The number of amides is 1. The predicted octanol–water partition coefficient (Wildman–Crippen LogP) is 5.18. The van der Waals surface area contributed by atoms with Gasteiger partial charge in [-0.05, 0) is 12.1 Å². The molecule has 0 saturated heterocycles. The third-order valence-corrected chi connectivity index (χ3v) is 5.44. The minimum absolute atomic E-state index is 0.0767. The number of nitro benzene ring substituents is 1. The Hall–Kier alpha value is -4.19. The maximum Gasteiger partial charge on any atom is 0.387 e. The summed E-state index contributed by atoms with van der Waals surface area (Å²) in [6, 6.07) is 10.8. The van der Waals surface area contributed by atoms with Gasteiger partial charge in [-0.15, -0.1) is 0 Å². The minimum atomic E-state index is -3.21. The lowest BCUT2D eigenvalue weighted by molar-refractivity contribution is -0.385. The maximum absolute atomic E-state index is 12.6. The van der Waals surface area contributed by atoms with E-state index in [0.29, 0.717) is 16.1 Å². The Morgan fingerprint density at radius 2 is 1.91 bits per heavy atom. The van der Waals surface area contributed by atoms with Crippen molar-refractivity contribution in [2.75, 3.05) is 12.4 Å².